The van der Waals surface area contributed by atoms with Crippen LogP contribution < -0.4 is 5.32 Å². The first kappa shape index (κ1) is 13.5. The van der Waals surface area contributed by atoms with E-state index in [2.05, 4.69) is 20.2 Å². The Bertz CT molecular complexity index is 444. The van der Waals surface area contributed by atoms with Crippen molar-refractivity contribution in [2.24, 2.45) is 5.92 Å². The number of carbonyl (C=O) groups excluding carboxylic acids is 1. The zero-order valence-electron chi connectivity index (χ0n) is 11.8. The maximum Gasteiger partial charge on any atom is 0.254 e. The Morgan fingerprint density at radius 3 is 2.75 bits per heavy atom. The molecule has 2 fully saturated rings. The third-order valence-corrected chi connectivity index (χ3v) is 4.53. The van der Waals surface area contributed by atoms with Crippen molar-refractivity contribution in [2.75, 3.05) is 19.6 Å². The molecule has 0 aromatic carbocycles. The number of hydrogen-bond acceptors (Lipinski definition) is 4. The summed E-state index contributed by atoms with van der Waals surface area (Å²) in [5.74, 6) is 0.522. The molecule has 0 bridgehead atoms. The van der Waals surface area contributed by atoms with Gasteiger partial charge in [-0.25, -0.2) is 9.97 Å². The van der Waals surface area contributed by atoms with E-state index < -0.39 is 0 Å². The number of likely N-dealkylation sites (tertiary alicyclic amines) is 1. The summed E-state index contributed by atoms with van der Waals surface area (Å²) in [6.07, 6.45) is 11.2. The molecule has 1 aliphatic heterocycles. The predicted octanol–water partition coefficient (Wildman–Crippen LogP) is 1.47. The summed E-state index contributed by atoms with van der Waals surface area (Å²) in [6.45, 7) is 3.09. The monoisotopic (exact) mass is 274 g/mol. The second-order valence-electron chi connectivity index (χ2n) is 5.93. The molecule has 1 N–H and O–H groups in total. The quantitative estimate of drug-likeness (QED) is 0.903. The van der Waals surface area contributed by atoms with E-state index >= 15 is 0 Å². The van der Waals surface area contributed by atoms with E-state index in [4.69, 9.17) is 0 Å². The van der Waals surface area contributed by atoms with Crippen LogP contribution in [0.4, 0.5) is 0 Å². The molecule has 1 saturated heterocycles. The Balaban J connectivity index is 1.44. The average molecular weight is 274 g/mol. The van der Waals surface area contributed by atoms with Gasteiger partial charge in [-0.05, 0) is 31.7 Å². The Hall–Kier alpha value is -1.49. The van der Waals surface area contributed by atoms with Crippen LogP contribution in [0.15, 0.2) is 18.7 Å². The first-order chi connectivity index (χ1) is 9.83. The fourth-order valence-corrected chi connectivity index (χ4v) is 3.39. The van der Waals surface area contributed by atoms with Gasteiger partial charge in [0.25, 0.3) is 5.91 Å². The van der Waals surface area contributed by atoms with Gasteiger partial charge in [-0.1, -0.05) is 12.8 Å². The maximum atomic E-state index is 11.9. The Kier molecular flexibility index (Phi) is 4.25. The van der Waals surface area contributed by atoms with Crippen molar-refractivity contribution in [2.45, 2.75) is 38.1 Å². The first-order valence-corrected chi connectivity index (χ1v) is 7.60. The summed E-state index contributed by atoms with van der Waals surface area (Å²) < 4.78 is 0. The van der Waals surface area contributed by atoms with Crippen LogP contribution in [0, 0.1) is 5.92 Å². The lowest BCUT2D eigenvalue weighted by atomic mass is 10.1. The summed E-state index contributed by atoms with van der Waals surface area (Å²) in [7, 11) is 0. The third-order valence-electron chi connectivity index (χ3n) is 4.53. The van der Waals surface area contributed by atoms with Gasteiger partial charge in [0, 0.05) is 31.5 Å². The minimum absolute atomic E-state index is 0.0649. The highest BCUT2D eigenvalue weighted by atomic mass is 16.1. The lowest BCUT2D eigenvalue weighted by Crippen LogP contribution is -2.34. The van der Waals surface area contributed by atoms with Gasteiger partial charge in [0.1, 0.15) is 6.33 Å². The van der Waals surface area contributed by atoms with Crippen LogP contribution in [-0.2, 0) is 0 Å². The molecule has 20 heavy (non-hydrogen) atoms. The van der Waals surface area contributed by atoms with Crippen LogP contribution in [0.1, 0.15) is 42.5 Å². The van der Waals surface area contributed by atoms with Crippen molar-refractivity contribution in [3.8, 4) is 0 Å². The topological polar surface area (TPSA) is 58.1 Å². The molecular formula is C15H22N4O. The van der Waals surface area contributed by atoms with Gasteiger partial charge in [0.15, 0.2) is 0 Å². The van der Waals surface area contributed by atoms with E-state index in [1.807, 2.05) is 0 Å². The lowest BCUT2D eigenvalue weighted by molar-refractivity contribution is 0.0946. The van der Waals surface area contributed by atoms with Crippen molar-refractivity contribution in [3.05, 3.63) is 24.3 Å². The van der Waals surface area contributed by atoms with Gasteiger partial charge in [0.2, 0.25) is 0 Å². The molecule has 3 rings (SSSR count). The van der Waals surface area contributed by atoms with Crippen molar-refractivity contribution >= 4 is 5.91 Å². The van der Waals surface area contributed by atoms with Crippen LogP contribution in [0.25, 0.3) is 0 Å². The number of nitrogens with one attached hydrogen (secondary N) is 1. The second kappa shape index (κ2) is 6.31. The molecule has 1 saturated carbocycles. The van der Waals surface area contributed by atoms with E-state index in [9.17, 15) is 4.79 Å². The van der Waals surface area contributed by atoms with E-state index in [0.717, 1.165) is 19.1 Å². The standard InChI is InChI=1S/C15H22N4O/c20-15(13-8-16-11-17-9-13)18-7-12-5-6-19(10-12)14-3-1-2-4-14/h8-9,11-12,14H,1-7,10H2,(H,18,20)/t12-/m1/s1. The summed E-state index contributed by atoms with van der Waals surface area (Å²) in [5.41, 5.74) is 0.540. The average Bonchev–Trinajstić information content (AvgIpc) is 3.16. The zero-order valence-corrected chi connectivity index (χ0v) is 11.8. The van der Waals surface area contributed by atoms with Gasteiger partial charge < -0.3 is 10.2 Å². The molecule has 1 amide bonds. The molecule has 5 heteroatoms. The van der Waals surface area contributed by atoms with Gasteiger partial charge in [-0.15, -0.1) is 0 Å². The van der Waals surface area contributed by atoms with Crippen molar-refractivity contribution in [1.29, 1.82) is 0 Å². The second-order valence-corrected chi connectivity index (χ2v) is 5.93. The largest absolute Gasteiger partial charge is 0.352 e. The molecule has 2 aliphatic rings. The van der Waals surface area contributed by atoms with Crippen LogP contribution in [0.2, 0.25) is 0 Å². The van der Waals surface area contributed by atoms with Gasteiger partial charge in [-0.2, -0.15) is 0 Å². The smallest absolute Gasteiger partial charge is 0.254 e. The normalized spacial score (nSPS) is 24.1. The predicted molar refractivity (Wildman–Crippen MR) is 76.3 cm³/mol. The summed E-state index contributed by atoms with van der Waals surface area (Å²) in [6, 6.07) is 0.804. The molecule has 1 aromatic heterocycles. The minimum Gasteiger partial charge on any atom is -0.352 e. The van der Waals surface area contributed by atoms with Crippen molar-refractivity contribution in [1.82, 2.24) is 20.2 Å². The SMILES string of the molecule is O=C(NC[C@H]1CCN(C2CCCC2)C1)c1cncnc1. The number of carbonyl (C=O) groups is 1. The highest BCUT2D eigenvalue weighted by Crippen LogP contribution is 2.28. The Morgan fingerprint density at radius 1 is 1.25 bits per heavy atom. The van der Waals surface area contributed by atoms with Gasteiger partial charge in [-0.3, -0.25) is 4.79 Å². The molecule has 5 nitrogen and oxygen atoms in total. The fourth-order valence-electron chi connectivity index (χ4n) is 3.39. The van der Waals surface area contributed by atoms with Crippen molar-refractivity contribution < 1.29 is 4.79 Å². The highest BCUT2D eigenvalue weighted by molar-refractivity contribution is 5.93. The highest BCUT2D eigenvalue weighted by Gasteiger charge is 2.29. The zero-order chi connectivity index (χ0) is 13.8. The number of rotatable bonds is 4. The molecule has 1 aromatic rings. The third kappa shape index (κ3) is 3.15. The van der Waals surface area contributed by atoms with Crippen LogP contribution in [0.3, 0.4) is 0 Å². The van der Waals surface area contributed by atoms with Crippen LogP contribution in [-0.4, -0.2) is 46.5 Å². The number of hydrogen-bond donors (Lipinski definition) is 1. The molecule has 2 heterocycles. The number of amides is 1. The summed E-state index contributed by atoms with van der Waals surface area (Å²) >= 11 is 0. The molecule has 0 radical (unpaired) electrons. The summed E-state index contributed by atoms with van der Waals surface area (Å²) in [5, 5.41) is 3.01. The number of nitrogens with zero attached hydrogens (tertiary/aromatic N) is 3. The molecule has 0 spiro atoms. The number of aromatic nitrogens is 2. The van der Waals surface area contributed by atoms with Crippen LogP contribution in [0.5, 0.6) is 0 Å². The molecule has 1 atom stereocenters. The van der Waals surface area contributed by atoms with Crippen LogP contribution >= 0.6 is 0 Å². The minimum atomic E-state index is -0.0649. The Morgan fingerprint density at radius 2 is 2.00 bits per heavy atom. The lowest BCUT2D eigenvalue weighted by Gasteiger charge is -2.23. The first-order valence-electron chi connectivity index (χ1n) is 7.60. The Labute approximate surface area is 119 Å². The van der Waals surface area contributed by atoms with E-state index in [1.165, 1.54) is 45.0 Å². The van der Waals surface area contributed by atoms with E-state index in [1.54, 1.807) is 12.4 Å². The molecule has 1 aliphatic carbocycles. The van der Waals surface area contributed by atoms with E-state index in [-0.39, 0.29) is 5.91 Å². The molecular weight excluding hydrogens is 252 g/mol. The van der Waals surface area contributed by atoms with Gasteiger partial charge >= 0.3 is 0 Å². The maximum absolute atomic E-state index is 11.9. The van der Waals surface area contributed by atoms with Crippen molar-refractivity contribution in [3.63, 3.8) is 0 Å². The molecule has 108 valence electrons. The van der Waals surface area contributed by atoms with E-state index in [0.29, 0.717) is 11.5 Å². The van der Waals surface area contributed by atoms with Gasteiger partial charge in [0.05, 0.1) is 5.56 Å². The fraction of sp³-hybridized carbons (Fsp3) is 0.667. The summed E-state index contributed by atoms with van der Waals surface area (Å²) in [4.78, 5) is 22.3. The molecule has 0 unspecified atom stereocenters.